The molecule has 0 saturated carbocycles. The van der Waals surface area contributed by atoms with Crippen molar-refractivity contribution in [3.63, 3.8) is 0 Å². The molecule has 1 amide bonds. The monoisotopic (exact) mass is 406 g/mol. The van der Waals surface area contributed by atoms with Crippen molar-refractivity contribution in [1.29, 1.82) is 0 Å². The van der Waals surface area contributed by atoms with Gasteiger partial charge in [-0.2, -0.15) is 5.10 Å². The summed E-state index contributed by atoms with van der Waals surface area (Å²) in [4.78, 5) is 15.5. The Balaban J connectivity index is 1.60. The van der Waals surface area contributed by atoms with Gasteiger partial charge < -0.3 is 10.2 Å². The van der Waals surface area contributed by atoms with E-state index >= 15 is 0 Å². The molecule has 0 spiro atoms. The molecule has 4 rings (SSSR count). The quantitative estimate of drug-likeness (QED) is 0.626. The predicted molar refractivity (Wildman–Crippen MR) is 118 cm³/mol. The molecule has 1 aromatic heterocycles. The van der Waals surface area contributed by atoms with E-state index in [0.29, 0.717) is 5.56 Å². The first-order valence-corrected chi connectivity index (χ1v) is 10.4. The lowest BCUT2D eigenvalue weighted by Gasteiger charge is -2.19. The van der Waals surface area contributed by atoms with Gasteiger partial charge in [0.15, 0.2) is 0 Å². The van der Waals surface area contributed by atoms with Gasteiger partial charge in [0.25, 0.3) is 5.91 Å². The maximum Gasteiger partial charge on any atom is 0.259 e. The van der Waals surface area contributed by atoms with Gasteiger partial charge in [0.1, 0.15) is 5.82 Å². The number of carbonyl (C=O) groups excluding carboxylic acids is 1. The van der Waals surface area contributed by atoms with Gasteiger partial charge in [0.05, 0.1) is 23.1 Å². The van der Waals surface area contributed by atoms with Crippen LogP contribution in [0.25, 0.3) is 5.69 Å². The minimum Gasteiger partial charge on any atom is -0.372 e. The van der Waals surface area contributed by atoms with Crippen LogP contribution in [-0.4, -0.2) is 28.8 Å². The number of nitrogens with zero attached hydrogens (tertiary/aromatic N) is 3. The van der Waals surface area contributed by atoms with E-state index in [2.05, 4.69) is 27.4 Å². The normalized spacial score (nSPS) is 13.8. The molecule has 0 atom stereocenters. The second kappa shape index (κ2) is 8.30. The standard InChI is InChI=1S/C24H27FN4O/c1-16(2)23-21(15-26-29(23)19-8-6-18(25)7-9-19)24(30)27-22-11-10-20(14-17(22)3)28-12-4-5-13-28/h6-11,14-16H,4-5,12-13H2,1-3H3,(H,27,30). The highest BCUT2D eigenvalue weighted by molar-refractivity contribution is 6.05. The number of carbonyl (C=O) groups is 1. The van der Waals surface area contributed by atoms with Crippen LogP contribution in [0.2, 0.25) is 0 Å². The largest absolute Gasteiger partial charge is 0.372 e. The molecule has 3 aromatic rings. The first-order chi connectivity index (χ1) is 14.4. The molecule has 0 unspecified atom stereocenters. The number of hydrogen-bond donors (Lipinski definition) is 1. The molecule has 6 heteroatoms. The van der Waals surface area contributed by atoms with Gasteiger partial charge in [-0.05, 0) is 73.7 Å². The van der Waals surface area contributed by atoms with Gasteiger partial charge >= 0.3 is 0 Å². The molecular weight excluding hydrogens is 379 g/mol. The molecule has 0 aliphatic carbocycles. The third kappa shape index (κ3) is 3.95. The average Bonchev–Trinajstić information content (AvgIpc) is 3.40. The summed E-state index contributed by atoms with van der Waals surface area (Å²) < 4.78 is 15.0. The van der Waals surface area contributed by atoms with Gasteiger partial charge in [-0.3, -0.25) is 4.79 Å². The van der Waals surface area contributed by atoms with Crippen molar-refractivity contribution < 1.29 is 9.18 Å². The van der Waals surface area contributed by atoms with Crippen LogP contribution in [0.5, 0.6) is 0 Å². The molecule has 1 N–H and O–H groups in total. The van der Waals surface area contributed by atoms with Gasteiger partial charge in [0.2, 0.25) is 0 Å². The summed E-state index contributed by atoms with van der Waals surface area (Å²) in [5.41, 5.74) is 5.08. The third-order valence-electron chi connectivity index (χ3n) is 5.60. The molecule has 1 aliphatic rings. The van der Waals surface area contributed by atoms with Crippen LogP contribution in [0.1, 0.15) is 54.2 Å². The Hall–Kier alpha value is -3.15. The molecular formula is C24H27FN4O. The summed E-state index contributed by atoms with van der Waals surface area (Å²) in [6.07, 6.45) is 4.04. The van der Waals surface area contributed by atoms with Gasteiger partial charge in [-0.15, -0.1) is 0 Å². The molecule has 2 heterocycles. The molecule has 1 saturated heterocycles. The van der Waals surface area contributed by atoms with Crippen LogP contribution in [-0.2, 0) is 0 Å². The van der Waals surface area contributed by atoms with Crippen LogP contribution in [0, 0.1) is 12.7 Å². The lowest BCUT2D eigenvalue weighted by atomic mass is 10.0. The van der Waals surface area contributed by atoms with Crippen molar-refractivity contribution in [3.05, 3.63) is 71.3 Å². The highest BCUT2D eigenvalue weighted by Crippen LogP contribution is 2.28. The van der Waals surface area contributed by atoms with Gasteiger partial charge in [-0.25, -0.2) is 9.07 Å². The van der Waals surface area contributed by atoms with Crippen LogP contribution >= 0.6 is 0 Å². The van der Waals surface area contributed by atoms with Crippen molar-refractivity contribution in [2.24, 2.45) is 0 Å². The molecule has 5 nitrogen and oxygen atoms in total. The van der Waals surface area contributed by atoms with Crippen LogP contribution in [0.4, 0.5) is 15.8 Å². The van der Waals surface area contributed by atoms with Crippen molar-refractivity contribution in [2.45, 2.75) is 39.5 Å². The maximum absolute atomic E-state index is 13.3. The lowest BCUT2D eigenvalue weighted by Crippen LogP contribution is -2.18. The highest BCUT2D eigenvalue weighted by atomic mass is 19.1. The Morgan fingerprint density at radius 2 is 1.73 bits per heavy atom. The smallest absolute Gasteiger partial charge is 0.259 e. The Kier molecular flexibility index (Phi) is 5.57. The number of amides is 1. The molecule has 1 fully saturated rings. The highest BCUT2D eigenvalue weighted by Gasteiger charge is 2.22. The zero-order valence-corrected chi connectivity index (χ0v) is 17.7. The van der Waals surface area contributed by atoms with E-state index in [9.17, 15) is 9.18 Å². The van der Waals surface area contributed by atoms with Crippen molar-refractivity contribution in [2.75, 3.05) is 23.3 Å². The Morgan fingerprint density at radius 1 is 1.07 bits per heavy atom. The summed E-state index contributed by atoms with van der Waals surface area (Å²) >= 11 is 0. The Labute approximate surface area is 176 Å². The second-order valence-corrected chi connectivity index (χ2v) is 8.13. The van der Waals surface area contributed by atoms with Gasteiger partial charge in [-0.1, -0.05) is 13.8 Å². The predicted octanol–water partition coefficient (Wildman–Crippen LogP) is 5.30. The van der Waals surface area contributed by atoms with E-state index in [-0.39, 0.29) is 17.6 Å². The van der Waals surface area contributed by atoms with E-state index in [4.69, 9.17) is 0 Å². The summed E-state index contributed by atoms with van der Waals surface area (Å²) in [6.45, 7) is 8.23. The average molecular weight is 407 g/mol. The number of rotatable bonds is 5. The van der Waals surface area contributed by atoms with Crippen molar-refractivity contribution in [1.82, 2.24) is 9.78 Å². The summed E-state index contributed by atoms with van der Waals surface area (Å²) in [5, 5.41) is 7.46. The molecule has 2 aromatic carbocycles. The van der Waals surface area contributed by atoms with Crippen molar-refractivity contribution >= 4 is 17.3 Å². The molecule has 30 heavy (non-hydrogen) atoms. The van der Waals surface area contributed by atoms with E-state index < -0.39 is 0 Å². The number of halogens is 1. The summed E-state index contributed by atoms with van der Waals surface area (Å²) in [7, 11) is 0. The molecule has 0 bridgehead atoms. The lowest BCUT2D eigenvalue weighted by molar-refractivity contribution is 0.102. The number of hydrogen-bond acceptors (Lipinski definition) is 3. The van der Waals surface area contributed by atoms with E-state index in [1.807, 2.05) is 26.8 Å². The van der Waals surface area contributed by atoms with E-state index in [1.165, 1.54) is 30.7 Å². The van der Waals surface area contributed by atoms with Crippen LogP contribution < -0.4 is 10.2 Å². The summed E-state index contributed by atoms with van der Waals surface area (Å²) in [6, 6.07) is 12.3. The van der Waals surface area contributed by atoms with Crippen LogP contribution in [0.3, 0.4) is 0 Å². The second-order valence-electron chi connectivity index (χ2n) is 8.13. The van der Waals surface area contributed by atoms with Crippen LogP contribution in [0.15, 0.2) is 48.7 Å². The minimum atomic E-state index is -0.303. The number of aromatic nitrogens is 2. The maximum atomic E-state index is 13.3. The van der Waals surface area contributed by atoms with E-state index in [1.54, 1.807) is 23.0 Å². The first kappa shape index (κ1) is 20.1. The number of benzene rings is 2. The fourth-order valence-electron chi connectivity index (χ4n) is 4.03. The number of nitrogens with one attached hydrogen (secondary N) is 1. The fraction of sp³-hybridized carbons (Fsp3) is 0.333. The molecule has 156 valence electrons. The Morgan fingerprint density at radius 3 is 2.37 bits per heavy atom. The zero-order valence-electron chi connectivity index (χ0n) is 17.7. The molecule has 0 radical (unpaired) electrons. The minimum absolute atomic E-state index is 0.0666. The van der Waals surface area contributed by atoms with Gasteiger partial charge in [0, 0.05) is 24.5 Å². The zero-order chi connectivity index (χ0) is 21.3. The SMILES string of the molecule is Cc1cc(N2CCCC2)ccc1NC(=O)c1cnn(-c2ccc(F)cc2)c1C(C)C. The Bertz CT molecular complexity index is 1050. The molecule has 1 aliphatic heterocycles. The summed E-state index contributed by atoms with van der Waals surface area (Å²) in [5.74, 6) is -0.427. The topological polar surface area (TPSA) is 50.2 Å². The number of aryl methyl sites for hydroxylation is 1. The third-order valence-corrected chi connectivity index (χ3v) is 5.60. The number of anilines is 2. The van der Waals surface area contributed by atoms with Crippen molar-refractivity contribution in [3.8, 4) is 5.69 Å². The first-order valence-electron chi connectivity index (χ1n) is 10.4. The fourth-order valence-corrected chi connectivity index (χ4v) is 4.03. The van der Waals surface area contributed by atoms with E-state index in [0.717, 1.165) is 35.7 Å².